The van der Waals surface area contributed by atoms with Crippen molar-refractivity contribution >= 4 is 5.91 Å². The third kappa shape index (κ3) is 7.38. The number of halogens is 1. The van der Waals surface area contributed by atoms with Crippen molar-refractivity contribution in [2.45, 2.75) is 31.5 Å². The van der Waals surface area contributed by atoms with Crippen LogP contribution in [-0.4, -0.2) is 54.8 Å². The highest BCUT2D eigenvalue weighted by molar-refractivity contribution is 5.86. The van der Waals surface area contributed by atoms with Crippen molar-refractivity contribution < 1.29 is 28.9 Å². The molecular weight excluding hydrogens is 401 g/mol. The van der Waals surface area contributed by atoms with Crippen molar-refractivity contribution in [3.8, 4) is 11.5 Å². The maximum Gasteiger partial charge on any atom is 0.243 e. The highest BCUT2D eigenvalue weighted by Crippen LogP contribution is 2.33. The Bertz CT molecular complexity index is 836. The number of benzene rings is 2. The number of alkyl halides is 1. The van der Waals surface area contributed by atoms with E-state index >= 15 is 0 Å². The second-order valence-corrected chi connectivity index (χ2v) is 7.71. The van der Waals surface area contributed by atoms with Crippen LogP contribution in [0.3, 0.4) is 0 Å². The number of carbonyl (C=O) groups excluding carboxylic acids is 1. The molecule has 2 rings (SSSR count). The topological polar surface area (TPSA) is 88.0 Å². The normalized spacial score (nSPS) is 13.2. The Morgan fingerprint density at radius 3 is 1.87 bits per heavy atom. The van der Waals surface area contributed by atoms with Crippen LogP contribution in [0.1, 0.15) is 25.0 Å². The van der Waals surface area contributed by atoms with Gasteiger partial charge in [0, 0.05) is 12.0 Å². The Kier molecular flexibility index (Phi) is 9.03. The molecule has 0 aromatic heterocycles. The number of hydrogen-bond donors (Lipinski definition) is 3. The molecule has 0 spiro atoms. The second kappa shape index (κ2) is 11.5. The first-order valence-electron chi connectivity index (χ1n) is 10.0. The summed E-state index contributed by atoms with van der Waals surface area (Å²) in [6.45, 7) is 6.76. The summed E-state index contributed by atoms with van der Waals surface area (Å²) < 4.78 is 23.3. The number of ether oxygens (including phenoxy) is 2. The smallest absolute Gasteiger partial charge is 0.243 e. The average Bonchev–Trinajstić information content (AvgIpc) is 2.80. The van der Waals surface area contributed by atoms with Crippen LogP contribution in [0.15, 0.2) is 61.2 Å². The number of aliphatic hydroxyl groups is 2. The summed E-state index contributed by atoms with van der Waals surface area (Å²) in [5, 5.41) is 21.6. The Morgan fingerprint density at radius 2 is 1.45 bits per heavy atom. The van der Waals surface area contributed by atoms with E-state index in [0.29, 0.717) is 11.5 Å². The number of aliphatic hydroxyl groups excluding tert-OH is 2. The number of carbonyl (C=O) groups is 1. The van der Waals surface area contributed by atoms with Crippen molar-refractivity contribution in [3.63, 3.8) is 0 Å². The number of nitrogens with one attached hydrogen (secondary N) is 1. The summed E-state index contributed by atoms with van der Waals surface area (Å²) in [5.74, 6) is 0.838. The van der Waals surface area contributed by atoms with Crippen molar-refractivity contribution in [2.75, 3.05) is 26.4 Å². The minimum atomic E-state index is -1.12. The van der Waals surface area contributed by atoms with Crippen LogP contribution in [0.2, 0.25) is 0 Å². The fourth-order valence-corrected chi connectivity index (χ4v) is 2.88. The molecule has 0 aliphatic rings. The fourth-order valence-electron chi connectivity index (χ4n) is 2.88. The van der Waals surface area contributed by atoms with Gasteiger partial charge in [-0.15, -0.1) is 0 Å². The molecule has 2 unspecified atom stereocenters. The van der Waals surface area contributed by atoms with Gasteiger partial charge in [-0.2, -0.15) is 0 Å². The molecule has 168 valence electrons. The van der Waals surface area contributed by atoms with Gasteiger partial charge >= 0.3 is 0 Å². The first-order chi connectivity index (χ1) is 14.8. The highest BCUT2D eigenvalue weighted by Gasteiger charge is 2.23. The molecule has 2 aromatic carbocycles. The van der Waals surface area contributed by atoms with Gasteiger partial charge in [-0.1, -0.05) is 44.7 Å². The SMILES string of the molecule is C=CC(=O)NCC(O)COc1ccc(C(C)(C)c2ccc(OCC(O)CF)cc2)cc1. The molecule has 1 amide bonds. The predicted molar refractivity (Wildman–Crippen MR) is 117 cm³/mol. The first kappa shape index (κ1) is 24.4. The van der Waals surface area contributed by atoms with E-state index in [1.807, 2.05) is 36.4 Å². The molecule has 0 radical (unpaired) electrons. The van der Waals surface area contributed by atoms with Crippen LogP contribution < -0.4 is 14.8 Å². The molecule has 0 saturated heterocycles. The number of hydrogen-bond acceptors (Lipinski definition) is 5. The van der Waals surface area contributed by atoms with E-state index in [2.05, 4.69) is 25.7 Å². The lowest BCUT2D eigenvalue weighted by Gasteiger charge is -2.26. The van der Waals surface area contributed by atoms with Gasteiger partial charge in [0.05, 0.1) is 0 Å². The lowest BCUT2D eigenvalue weighted by Crippen LogP contribution is -2.34. The van der Waals surface area contributed by atoms with E-state index in [1.165, 1.54) is 0 Å². The molecule has 0 aliphatic carbocycles. The summed E-state index contributed by atoms with van der Waals surface area (Å²) in [7, 11) is 0. The summed E-state index contributed by atoms with van der Waals surface area (Å²) in [4.78, 5) is 11.1. The Hall–Kier alpha value is -2.90. The Balaban J connectivity index is 1.94. The first-order valence-corrected chi connectivity index (χ1v) is 10.0. The van der Waals surface area contributed by atoms with Gasteiger partial charge < -0.3 is 25.0 Å². The molecule has 0 aliphatic heterocycles. The van der Waals surface area contributed by atoms with Crippen molar-refractivity contribution in [2.24, 2.45) is 0 Å². The monoisotopic (exact) mass is 431 g/mol. The minimum Gasteiger partial charge on any atom is -0.491 e. The molecule has 0 fully saturated rings. The summed E-state index contributed by atoms with van der Waals surface area (Å²) >= 11 is 0. The van der Waals surface area contributed by atoms with Crippen molar-refractivity contribution in [1.29, 1.82) is 0 Å². The minimum absolute atomic E-state index is 0.0543. The zero-order valence-corrected chi connectivity index (χ0v) is 17.9. The van der Waals surface area contributed by atoms with Gasteiger partial charge in [0.2, 0.25) is 5.91 Å². The molecule has 0 bridgehead atoms. The number of rotatable bonds is 12. The summed E-state index contributed by atoms with van der Waals surface area (Å²) in [5.41, 5.74) is 1.84. The zero-order valence-electron chi connectivity index (χ0n) is 17.9. The molecule has 2 aromatic rings. The van der Waals surface area contributed by atoms with Gasteiger partial charge in [0.1, 0.15) is 43.6 Å². The Morgan fingerprint density at radius 1 is 1.00 bits per heavy atom. The second-order valence-electron chi connectivity index (χ2n) is 7.71. The van der Waals surface area contributed by atoms with E-state index in [-0.39, 0.29) is 31.1 Å². The molecule has 2 atom stereocenters. The molecule has 0 heterocycles. The zero-order chi connectivity index (χ0) is 22.9. The van der Waals surface area contributed by atoms with Crippen LogP contribution in [0.5, 0.6) is 11.5 Å². The van der Waals surface area contributed by atoms with Crippen LogP contribution >= 0.6 is 0 Å². The highest BCUT2D eigenvalue weighted by atomic mass is 19.1. The fraction of sp³-hybridized carbons (Fsp3) is 0.375. The molecule has 3 N–H and O–H groups in total. The van der Waals surface area contributed by atoms with E-state index in [1.54, 1.807) is 12.1 Å². The third-order valence-corrected chi connectivity index (χ3v) is 4.91. The lowest BCUT2D eigenvalue weighted by atomic mass is 9.78. The molecule has 31 heavy (non-hydrogen) atoms. The summed E-state index contributed by atoms with van der Waals surface area (Å²) in [6, 6.07) is 15.1. The lowest BCUT2D eigenvalue weighted by molar-refractivity contribution is -0.117. The van der Waals surface area contributed by atoms with Gasteiger partial charge in [-0.3, -0.25) is 4.79 Å². The van der Waals surface area contributed by atoms with Gasteiger partial charge in [0.25, 0.3) is 0 Å². The maximum absolute atomic E-state index is 12.3. The van der Waals surface area contributed by atoms with Crippen LogP contribution in [0.4, 0.5) is 4.39 Å². The van der Waals surface area contributed by atoms with Crippen LogP contribution in [0.25, 0.3) is 0 Å². The van der Waals surface area contributed by atoms with E-state index < -0.39 is 18.9 Å². The predicted octanol–water partition coefficient (Wildman–Crippen LogP) is 2.76. The Labute approximate surface area is 182 Å². The van der Waals surface area contributed by atoms with Gasteiger partial charge in [-0.05, 0) is 41.5 Å². The maximum atomic E-state index is 12.3. The van der Waals surface area contributed by atoms with Gasteiger partial charge in [0.15, 0.2) is 0 Å². The van der Waals surface area contributed by atoms with Gasteiger partial charge in [-0.25, -0.2) is 4.39 Å². The van der Waals surface area contributed by atoms with Crippen molar-refractivity contribution in [1.82, 2.24) is 5.32 Å². The molecule has 0 saturated carbocycles. The number of amides is 1. The van der Waals surface area contributed by atoms with Crippen LogP contribution in [-0.2, 0) is 10.2 Å². The molecular formula is C24H30FNO5. The summed E-state index contributed by atoms with van der Waals surface area (Å²) in [6.07, 6.45) is -0.804. The van der Waals surface area contributed by atoms with Crippen molar-refractivity contribution in [3.05, 3.63) is 72.3 Å². The standard InChI is InChI=1S/C24H30FNO5/c1-4-23(29)26-14-20(28)16-31-22-11-7-18(8-12-22)24(2,3)17-5-9-21(10-6-17)30-15-19(27)13-25/h4-12,19-20,27-28H,1,13-16H2,2-3H3,(H,26,29). The average molecular weight is 432 g/mol. The van der Waals surface area contributed by atoms with Crippen LogP contribution in [0, 0.1) is 0 Å². The molecule has 6 nitrogen and oxygen atoms in total. The van der Waals surface area contributed by atoms with E-state index in [9.17, 15) is 19.4 Å². The third-order valence-electron chi connectivity index (χ3n) is 4.91. The van der Waals surface area contributed by atoms with E-state index in [0.717, 1.165) is 17.2 Å². The van der Waals surface area contributed by atoms with E-state index in [4.69, 9.17) is 9.47 Å². The molecule has 7 heteroatoms. The largest absolute Gasteiger partial charge is 0.491 e. The quantitative estimate of drug-likeness (QED) is 0.450.